The zero-order valence-corrected chi connectivity index (χ0v) is 14.0. The highest BCUT2D eigenvalue weighted by atomic mass is 79.9. The van der Waals surface area contributed by atoms with Crippen molar-refractivity contribution in [3.8, 4) is 0 Å². The van der Waals surface area contributed by atoms with E-state index in [-0.39, 0.29) is 11.9 Å². The number of amides is 1. The van der Waals surface area contributed by atoms with Gasteiger partial charge in [0.15, 0.2) is 0 Å². The van der Waals surface area contributed by atoms with E-state index in [9.17, 15) is 4.79 Å². The highest BCUT2D eigenvalue weighted by molar-refractivity contribution is 9.10. The standard InChI is InChI=1S/C15H14Br2N2O/c1-9(10-2-4-11(16)5-3-10)19-15(20)13-8-12(17)6-7-14(13)18/h2-9H,18H2,1H3,(H,19,20)/t9-/m1/s1. The van der Waals surface area contributed by atoms with Crippen LogP contribution >= 0.6 is 31.9 Å². The molecule has 3 N–H and O–H groups in total. The molecular weight excluding hydrogens is 384 g/mol. The van der Waals surface area contributed by atoms with E-state index >= 15 is 0 Å². The molecule has 20 heavy (non-hydrogen) atoms. The van der Waals surface area contributed by atoms with Crippen LogP contribution in [-0.4, -0.2) is 5.91 Å². The summed E-state index contributed by atoms with van der Waals surface area (Å²) >= 11 is 6.73. The van der Waals surface area contributed by atoms with Gasteiger partial charge < -0.3 is 11.1 Å². The van der Waals surface area contributed by atoms with Gasteiger partial charge in [-0.25, -0.2) is 0 Å². The predicted molar refractivity (Wildman–Crippen MR) is 88.6 cm³/mol. The molecular formula is C15H14Br2N2O. The second-order valence-corrected chi connectivity index (χ2v) is 6.31. The van der Waals surface area contributed by atoms with Gasteiger partial charge >= 0.3 is 0 Å². The molecule has 104 valence electrons. The summed E-state index contributed by atoms with van der Waals surface area (Å²) in [4.78, 5) is 12.2. The van der Waals surface area contributed by atoms with Crippen molar-refractivity contribution in [3.05, 3.63) is 62.5 Å². The first-order valence-corrected chi connectivity index (χ1v) is 7.67. The summed E-state index contributed by atoms with van der Waals surface area (Å²) in [7, 11) is 0. The molecule has 0 radical (unpaired) electrons. The van der Waals surface area contributed by atoms with Crippen molar-refractivity contribution in [1.29, 1.82) is 0 Å². The topological polar surface area (TPSA) is 55.1 Å². The van der Waals surface area contributed by atoms with Gasteiger partial charge in [-0.1, -0.05) is 44.0 Å². The van der Waals surface area contributed by atoms with Crippen LogP contribution in [0.2, 0.25) is 0 Å². The first kappa shape index (κ1) is 15.1. The van der Waals surface area contributed by atoms with Gasteiger partial charge in [-0.2, -0.15) is 0 Å². The van der Waals surface area contributed by atoms with E-state index in [0.29, 0.717) is 11.3 Å². The minimum absolute atomic E-state index is 0.0889. The molecule has 0 heterocycles. The molecule has 5 heteroatoms. The second kappa shape index (κ2) is 6.41. The largest absolute Gasteiger partial charge is 0.398 e. The molecule has 0 aliphatic carbocycles. The molecule has 2 rings (SSSR count). The van der Waals surface area contributed by atoms with Gasteiger partial charge in [0.25, 0.3) is 5.91 Å². The molecule has 0 unspecified atom stereocenters. The van der Waals surface area contributed by atoms with Crippen molar-refractivity contribution in [3.63, 3.8) is 0 Å². The monoisotopic (exact) mass is 396 g/mol. The highest BCUT2D eigenvalue weighted by Crippen LogP contribution is 2.21. The number of nitrogens with one attached hydrogen (secondary N) is 1. The van der Waals surface area contributed by atoms with Crippen LogP contribution in [0.15, 0.2) is 51.4 Å². The first-order valence-electron chi connectivity index (χ1n) is 6.08. The van der Waals surface area contributed by atoms with E-state index in [1.165, 1.54) is 0 Å². The van der Waals surface area contributed by atoms with Crippen molar-refractivity contribution < 1.29 is 4.79 Å². The summed E-state index contributed by atoms with van der Waals surface area (Å²) in [5.41, 5.74) is 7.82. The Labute approximate surface area is 134 Å². The molecule has 0 saturated carbocycles. The molecule has 0 aliphatic rings. The Morgan fingerprint density at radius 3 is 2.35 bits per heavy atom. The van der Waals surface area contributed by atoms with E-state index in [1.807, 2.05) is 37.3 Å². The third kappa shape index (κ3) is 3.61. The lowest BCUT2D eigenvalue weighted by molar-refractivity contribution is 0.0940. The zero-order chi connectivity index (χ0) is 14.7. The maximum atomic E-state index is 12.2. The number of hydrogen-bond donors (Lipinski definition) is 2. The number of nitrogens with two attached hydrogens (primary N) is 1. The van der Waals surface area contributed by atoms with Crippen molar-refractivity contribution >= 4 is 43.5 Å². The number of carbonyl (C=O) groups is 1. The van der Waals surface area contributed by atoms with Crippen molar-refractivity contribution in [2.24, 2.45) is 0 Å². The minimum atomic E-state index is -0.181. The van der Waals surface area contributed by atoms with Crippen molar-refractivity contribution in [1.82, 2.24) is 5.32 Å². The number of anilines is 1. The van der Waals surface area contributed by atoms with Crippen LogP contribution in [-0.2, 0) is 0 Å². The van der Waals surface area contributed by atoms with Crippen LogP contribution in [0.1, 0.15) is 28.9 Å². The summed E-state index contributed by atoms with van der Waals surface area (Å²) in [5, 5.41) is 2.94. The van der Waals surface area contributed by atoms with Crippen LogP contribution in [0, 0.1) is 0 Å². The van der Waals surface area contributed by atoms with Gasteiger partial charge in [-0.05, 0) is 42.8 Å². The van der Waals surface area contributed by atoms with Gasteiger partial charge in [0.05, 0.1) is 11.6 Å². The molecule has 0 aliphatic heterocycles. The van der Waals surface area contributed by atoms with E-state index in [4.69, 9.17) is 5.73 Å². The van der Waals surface area contributed by atoms with Crippen LogP contribution in [0.25, 0.3) is 0 Å². The summed E-state index contributed by atoms with van der Waals surface area (Å²) in [5.74, 6) is -0.181. The average Bonchev–Trinajstić information content (AvgIpc) is 2.42. The quantitative estimate of drug-likeness (QED) is 0.759. The first-order chi connectivity index (χ1) is 9.47. The maximum Gasteiger partial charge on any atom is 0.253 e. The third-order valence-electron chi connectivity index (χ3n) is 2.98. The predicted octanol–water partition coefficient (Wildman–Crippen LogP) is 4.28. The molecule has 2 aromatic rings. The second-order valence-electron chi connectivity index (χ2n) is 4.48. The lowest BCUT2D eigenvalue weighted by Gasteiger charge is -2.15. The zero-order valence-electron chi connectivity index (χ0n) is 10.9. The molecule has 0 aromatic heterocycles. The lowest BCUT2D eigenvalue weighted by Crippen LogP contribution is -2.27. The Bertz CT molecular complexity index is 626. The maximum absolute atomic E-state index is 12.2. The number of rotatable bonds is 3. The summed E-state index contributed by atoms with van der Waals surface area (Å²) in [6.07, 6.45) is 0. The van der Waals surface area contributed by atoms with E-state index in [1.54, 1.807) is 12.1 Å². The summed E-state index contributed by atoms with van der Waals surface area (Å²) in [6, 6.07) is 13.0. The SMILES string of the molecule is C[C@@H](NC(=O)c1cc(Br)ccc1N)c1ccc(Br)cc1. The van der Waals surface area contributed by atoms with Gasteiger partial charge in [0.1, 0.15) is 0 Å². The van der Waals surface area contributed by atoms with E-state index < -0.39 is 0 Å². The Hall–Kier alpha value is -1.33. The van der Waals surface area contributed by atoms with E-state index in [0.717, 1.165) is 14.5 Å². The van der Waals surface area contributed by atoms with Gasteiger partial charge in [0.2, 0.25) is 0 Å². The smallest absolute Gasteiger partial charge is 0.253 e. The fourth-order valence-corrected chi connectivity index (χ4v) is 2.46. The molecule has 2 aromatic carbocycles. The third-order valence-corrected chi connectivity index (χ3v) is 4.00. The van der Waals surface area contributed by atoms with E-state index in [2.05, 4.69) is 37.2 Å². The number of benzene rings is 2. The molecule has 0 saturated heterocycles. The molecule has 0 bridgehead atoms. The Morgan fingerprint density at radius 2 is 1.70 bits per heavy atom. The number of hydrogen-bond acceptors (Lipinski definition) is 2. The normalized spacial score (nSPS) is 11.9. The van der Waals surface area contributed by atoms with Crippen molar-refractivity contribution in [2.75, 3.05) is 5.73 Å². The van der Waals surface area contributed by atoms with Gasteiger partial charge in [-0.3, -0.25) is 4.79 Å². The van der Waals surface area contributed by atoms with Gasteiger partial charge in [0, 0.05) is 14.6 Å². The minimum Gasteiger partial charge on any atom is -0.398 e. The summed E-state index contributed by atoms with van der Waals surface area (Å²) in [6.45, 7) is 1.94. The average molecular weight is 398 g/mol. The fraction of sp³-hybridized carbons (Fsp3) is 0.133. The Morgan fingerprint density at radius 1 is 1.10 bits per heavy atom. The Kier molecular flexibility index (Phi) is 4.83. The van der Waals surface area contributed by atoms with Crippen LogP contribution < -0.4 is 11.1 Å². The molecule has 1 amide bonds. The number of halogens is 2. The fourth-order valence-electron chi connectivity index (χ4n) is 1.83. The van der Waals surface area contributed by atoms with Gasteiger partial charge in [-0.15, -0.1) is 0 Å². The molecule has 0 spiro atoms. The number of nitrogen functional groups attached to an aromatic ring is 1. The van der Waals surface area contributed by atoms with Crippen LogP contribution in [0.4, 0.5) is 5.69 Å². The molecule has 1 atom stereocenters. The van der Waals surface area contributed by atoms with Crippen LogP contribution in [0.5, 0.6) is 0 Å². The number of carbonyl (C=O) groups excluding carboxylic acids is 1. The molecule has 0 fully saturated rings. The Balaban J connectivity index is 2.15. The van der Waals surface area contributed by atoms with Crippen LogP contribution in [0.3, 0.4) is 0 Å². The lowest BCUT2D eigenvalue weighted by atomic mass is 10.1. The highest BCUT2D eigenvalue weighted by Gasteiger charge is 2.14. The van der Waals surface area contributed by atoms with Crippen molar-refractivity contribution in [2.45, 2.75) is 13.0 Å². The molecule has 3 nitrogen and oxygen atoms in total. The summed E-state index contributed by atoms with van der Waals surface area (Å²) < 4.78 is 1.84.